The van der Waals surface area contributed by atoms with Crippen molar-refractivity contribution in [3.05, 3.63) is 63.7 Å². The molecule has 0 radical (unpaired) electrons. The van der Waals surface area contributed by atoms with E-state index in [2.05, 4.69) is 5.32 Å². The van der Waals surface area contributed by atoms with Gasteiger partial charge in [0, 0.05) is 6.07 Å². The van der Waals surface area contributed by atoms with Crippen LogP contribution in [0.25, 0.3) is 0 Å². The molecule has 2 N–H and O–H groups in total. The molecular weight excluding hydrogens is 334 g/mol. The summed E-state index contributed by atoms with van der Waals surface area (Å²) in [5.74, 6) is 0.523. The van der Waals surface area contributed by atoms with Crippen molar-refractivity contribution < 1.29 is 19.4 Å². The smallest absolute Gasteiger partial charge is 0.293 e. The Labute approximate surface area is 152 Å². The molecule has 0 heterocycles. The first kappa shape index (κ1) is 19.4. The second kappa shape index (κ2) is 8.96. The van der Waals surface area contributed by atoms with Gasteiger partial charge in [0.25, 0.3) is 11.6 Å². The first-order valence-corrected chi connectivity index (χ1v) is 8.42. The summed E-state index contributed by atoms with van der Waals surface area (Å²) < 4.78 is 5.62. The standard InChI is InChI=1S/C19H23N3O4/c1-14-9-10-17(22(24)25)19(15(14)2)20-18(23)13-21(3)11-12-26-16-7-5-4-6-8-16/h4-10H,11-13H2,1-3H3,(H,20,23)/p+1. The molecule has 0 saturated carbocycles. The van der Waals surface area contributed by atoms with Crippen LogP contribution in [0.2, 0.25) is 0 Å². The summed E-state index contributed by atoms with van der Waals surface area (Å²) in [7, 11) is 1.88. The normalized spacial score (nSPS) is 11.7. The van der Waals surface area contributed by atoms with Crippen molar-refractivity contribution in [2.45, 2.75) is 13.8 Å². The molecule has 7 nitrogen and oxygen atoms in total. The van der Waals surface area contributed by atoms with Gasteiger partial charge in [-0.1, -0.05) is 24.3 Å². The molecule has 2 aromatic rings. The van der Waals surface area contributed by atoms with Crippen LogP contribution in [-0.2, 0) is 4.79 Å². The summed E-state index contributed by atoms with van der Waals surface area (Å²) in [6.07, 6.45) is 0. The van der Waals surface area contributed by atoms with Crippen LogP contribution in [0.5, 0.6) is 5.75 Å². The molecule has 0 aromatic heterocycles. The molecule has 26 heavy (non-hydrogen) atoms. The highest BCUT2D eigenvalue weighted by atomic mass is 16.6. The first-order chi connectivity index (χ1) is 12.4. The van der Waals surface area contributed by atoms with Gasteiger partial charge >= 0.3 is 0 Å². The Morgan fingerprint density at radius 1 is 1.19 bits per heavy atom. The van der Waals surface area contributed by atoms with Crippen LogP contribution in [0, 0.1) is 24.0 Å². The maximum atomic E-state index is 12.3. The predicted octanol–water partition coefficient (Wildman–Crippen LogP) is 1.74. The van der Waals surface area contributed by atoms with Crippen molar-refractivity contribution in [3.63, 3.8) is 0 Å². The van der Waals surface area contributed by atoms with Gasteiger partial charge in [-0.3, -0.25) is 14.9 Å². The summed E-state index contributed by atoms with van der Waals surface area (Å²) in [4.78, 5) is 24.0. The van der Waals surface area contributed by atoms with Crippen LogP contribution in [0.15, 0.2) is 42.5 Å². The zero-order valence-corrected chi connectivity index (χ0v) is 15.2. The Bertz CT molecular complexity index is 778. The molecule has 0 spiro atoms. The van der Waals surface area contributed by atoms with E-state index in [0.717, 1.165) is 16.2 Å². The number of amides is 1. The Morgan fingerprint density at radius 3 is 2.54 bits per heavy atom. The van der Waals surface area contributed by atoms with Crippen LogP contribution < -0.4 is 15.0 Å². The number of benzene rings is 2. The summed E-state index contributed by atoms with van der Waals surface area (Å²) in [5, 5.41) is 13.9. The number of nitro benzene ring substituents is 1. The second-order valence-electron chi connectivity index (χ2n) is 6.25. The Hall–Kier alpha value is -2.93. The molecule has 1 amide bonds. The van der Waals surface area contributed by atoms with E-state index >= 15 is 0 Å². The van der Waals surface area contributed by atoms with Gasteiger partial charge in [-0.2, -0.15) is 0 Å². The number of hydrogen-bond donors (Lipinski definition) is 2. The second-order valence-corrected chi connectivity index (χ2v) is 6.25. The molecule has 1 unspecified atom stereocenters. The minimum atomic E-state index is -0.480. The lowest BCUT2D eigenvalue weighted by atomic mass is 10.1. The average molecular weight is 358 g/mol. The Balaban J connectivity index is 1.90. The average Bonchev–Trinajstić information content (AvgIpc) is 2.59. The number of nitrogens with zero attached hydrogens (tertiary/aromatic N) is 1. The van der Waals surface area contributed by atoms with Crippen molar-refractivity contribution in [2.75, 3.05) is 32.1 Å². The molecule has 2 aromatic carbocycles. The number of carbonyl (C=O) groups is 1. The fraction of sp³-hybridized carbons (Fsp3) is 0.316. The maximum absolute atomic E-state index is 12.3. The van der Waals surface area contributed by atoms with E-state index in [1.165, 1.54) is 6.07 Å². The number of hydrogen-bond acceptors (Lipinski definition) is 4. The fourth-order valence-corrected chi connectivity index (χ4v) is 2.52. The van der Waals surface area contributed by atoms with Gasteiger partial charge in [0.15, 0.2) is 6.54 Å². The summed E-state index contributed by atoms with van der Waals surface area (Å²) in [6, 6.07) is 12.6. The number of likely N-dealkylation sites (N-methyl/N-ethyl adjacent to an activating group) is 1. The SMILES string of the molecule is Cc1ccc([N+](=O)[O-])c(NC(=O)C[NH+](C)CCOc2ccccc2)c1C. The van der Waals surface area contributed by atoms with Gasteiger partial charge in [-0.15, -0.1) is 0 Å². The monoisotopic (exact) mass is 358 g/mol. The Kier molecular flexibility index (Phi) is 6.68. The highest BCUT2D eigenvalue weighted by Crippen LogP contribution is 2.29. The topological polar surface area (TPSA) is 85.9 Å². The highest BCUT2D eigenvalue weighted by Gasteiger charge is 2.20. The molecule has 1 atom stereocenters. The molecule has 2 rings (SSSR count). The van der Waals surface area contributed by atoms with E-state index in [9.17, 15) is 14.9 Å². The number of anilines is 1. The molecular formula is C19H24N3O4+. The number of nitrogens with one attached hydrogen (secondary N) is 2. The van der Waals surface area contributed by atoms with Crippen molar-refractivity contribution >= 4 is 17.3 Å². The molecule has 0 aliphatic carbocycles. The Morgan fingerprint density at radius 2 is 1.88 bits per heavy atom. The lowest BCUT2D eigenvalue weighted by Crippen LogP contribution is -3.10. The van der Waals surface area contributed by atoms with Crippen LogP contribution in [0.1, 0.15) is 11.1 Å². The number of quaternary nitrogens is 1. The van der Waals surface area contributed by atoms with Gasteiger partial charge in [-0.25, -0.2) is 0 Å². The number of para-hydroxylation sites is 1. The number of aryl methyl sites for hydroxylation is 1. The van der Waals surface area contributed by atoms with Gasteiger partial charge in [0.05, 0.1) is 12.0 Å². The summed E-state index contributed by atoms with van der Waals surface area (Å²) in [6.45, 7) is 4.93. The third-order valence-electron chi connectivity index (χ3n) is 4.18. The zero-order chi connectivity index (χ0) is 19.1. The molecule has 0 saturated heterocycles. The molecule has 0 bridgehead atoms. The van der Waals surface area contributed by atoms with Crippen LogP contribution in [0.4, 0.5) is 11.4 Å². The first-order valence-electron chi connectivity index (χ1n) is 8.42. The quantitative estimate of drug-likeness (QED) is 0.556. The zero-order valence-electron chi connectivity index (χ0n) is 15.2. The van der Waals surface area contributed by atoms with Crippen LogP contribution in [0.3, 0.4) is 0 Å². The molecule has 138 valence electrons. The van der Waals surface area contributed by atoms with E-state index in [-0.39, 0.29) is 23.8 Å². The predicted molar refractivity (Wildman–Crippen MR) is 99.8 cm³/mol. The maximum Gasteiger partial charge on any atom is 0.293 e. The minimum Gasteiger partial charge on any atom is -0.488 e. The number of carbonyl (C=O) groups excluding carboxylic acids is 1. The van der Waals surface area contributed by atoms with E-state index < -0.39 is 4.92 Å². The van der Waals surface area contributed by atoms with Crippen molar-refractivity contribution in [2.24, 2.45) is 0 Å². The van der Waals surface area contributed by atoms with Crippen molar-refractivity contribution in [1.29, 1.82) is 0 Å². The number of ether oxygens (including phenoxy) is 1. The molecule has 0 fully saturated rings. The van der Waals surface area contributed by atoms with Gasteiger partial charge in [0.2, 0.25) is 0 Å². The molecule has 7 heteroatoms. The van der Waals surface area contributed by atoms with E-state index in [0.29, 0.717) is 18.7 Å². The van der Waals surface area contributed by atoms with Crippen LogP contribution in [-0.4, -0.2) is 37.6 Å². The van der Waals surface area contributed by atoms with E-state index in [1.54, 1.807) is 13.0 Å². The minimum absolute atomic E-state index is 0.0912. The number of nitro groups is 1. The largest absolute Gasteiger partial charge is 0.488 e. The lowest BCUT2D eigenvalue weighted by Gasteiger charge is -2.15. The van der Waals surface area contributed by atoms with Crippen molar-refractivity contribution in [3.8, 4) is 5.75 Å². The summed E-state index contributed by atoms with van der Waals surface area (Å²) >= 11 is 0. The van der Waals surface area contributed by atoms with Gasteiger partial charge < -0.3 is 15.0 Å². The lowest BCUT2D eigenvalue weighted by molar-refractivity contribution is -0.871. The highest BCUT2D eigenvalue weighted by molar-refractivity contribution is 5.95. The third-order valence-corrected chi connectivity index (χ3v) is 4.18. The van der Waals surface area contributed by atoms with Crippen molar-refractivity contribution in [1.82, 2.24) is 0 Å². The molecule has 0 aliphatic rings. The van der Waals surface area contributed by atoms with E-state index in [4.69, 9.17) is 4.74 Å². The van der Waals surface area contributed by atoms with Gasteiger partial charge in [0.1, 0.15) is 24.6 Å². The number of rotatable bonds is 8. The summed E-state index contributed by atoms with van der Waals surface area (Å²) in [5.41, 5.74) is 1.78. The van der Waals surface area contributed by atoms with Crippen LogP contribution >= 0.6 is 0 Å². The fourth-order valence-electron chi connectivity index (χ4n) is 2.52. The third kappa shape index (κ3) is 5.29. The van der Waals surface area contributed by atoms with Gasteiger partial charge in [-0.05, 0) is 37.1 Å². The van der Waals surface area contributed by atoms with E-state index in [1.807, 2.05) is 44.3 Å². The molecule has 0 aliphatic heterocycles.